The van der Waals surface area contributed by atoms with E-state index in [1.165, 1.54) is 5.56 Å². The minimum atomic E-state index is 0.587. The first-order chi connectivity index (χ1) is 7.58. The lowest BCUT2D eigenvalue weighted by Gasteiger charge is -2.24. The number of ether oxygens (including phenoxy) is 1. The SMILES string of the molecule is CCC(C)N(C)Cc1cc(Br)ccc1OC. The maximum absolute atomic E-state index is 5.37. The summed E-state index contributed by atoms with van der Waals surface area (Å²) in [6, 6.07) is 6.72. The van der Waals surface area contributed by atoms with E-state index in [4.69, 9.17) is 4.74 Å². The summed E-state index contributed by atoms with van der Waals surface area (Å²) < 4.78 is 6.47. The van der Waals surface area contributed by atoms with Crippen molar-refractivity contribution in [1.82, 2.24) is 4.90 Å². The van der Waals surface area contributed by atoms with Crippen LogP contribution in [0.25, 0.3) is 0 Å². The molecule has 0 aliphatic heterocycles. The van der Waals surface area contributed by atoms with Gasteiger partial charge in [0, 0.05) is 22.6 Å². The molecule has 0 spiro atoms. The van der Waals surface area contributed by atoms with Gasteiger partial charge in [-0.05, 0) is 38.6 Å². The Morgan fingerprint density at radius 2 is 2.12 bits per heavy atom. The summed E-state index contributed by atoms with van der Waals surface area (Å²) in [5, 5.41) is 0. The van der Waals surface area contributed by atoms with Crippen LogP contribution in [0.4, 0.5) is 0 Å². The molecule has 0 saturated heterocycles. The van der Waals surface area contributed by atoms with Gasteiger partial charge in [0.15, 0.2) is 0 Å². The van der Waals surface area contributed by atoms with E-state index < -0.39 is 0 Å². The maximum atomic E-state index is 5.37. The van der Waals surface area contributed by atoms with Crippen molar-refractivity contribution < 1.29 is 4.74 Å². The molecule has 90 valence electrons. The van der Waals surface area contributed by atoms with E-state index in [0.29, 0.717) is 6.04 Å². The first-order valence-corrected chi connectivity index (χ1v) is 6.40. The molecule has 0 heterocycles. The average Bonchev–Trinajstić information content (AvgIpc) is 2.28. The molecule has 0 aromatic heterocycles. The van der Waals surface area contributed by atoms with Gasteiger partial charge in [-0.1, -0.05) is 22.9 Å². The summed E-state index contributed by atoms with van der Waals surface area (Å²) in [4.78, 5) is 2.34. The van der Waals surface area contributed by atoms with Crippen LogP contribution in [-0.2, 0) is 6.54 Å². The number of hydrogen-bond donors (Lipinski definition) is 0. The monoisotopic (exact) mass is 285 g/mol. The highest BCUT2D eigenvalue weighted by molar-refractivity contribution is 9.10. The Labute approximate surface area is 107 Å². The van der Waals surface area contributed by atoms with Crippen molar-refractivity contribution in [3.63, 3.8) is 0 Å². The third kappa shape index (κ3) is 3.49. The summed E-state index contributed by atoms with van der Waals surface area (Å²) in [6.07, 6.45) is 1.16. The van der Waals surface area contributed by atoms with Gasteiger partial charge in [0.1, 0.15) is 5.75 Å². The van der Waals surface area contributed by atoms with Crippen LogP contribution >= 0.6 is 15.9 Å². The Hall–Kier alpha value is -0.540. The zero-order chi connectivity index (χ0) is 12.1. The van der Waals surface area contributed by atoms with E-state index >= 15 is 0 Å². The molecule has 1 unspecified atom stereocenters. The van der Waals surface area contributed by atoms with Gasteiger partial charge >= 0.3 is 0 Å². The molecule has 0 aliphatic rings. The molecule has 3 heteroatoms. The standard InChI is InChI=1S/C13H20BrNO/c1-5-10(2)15(3)9-11-8-12(14)6-7-13(11)16-4/h6-8,10H,5,9H2,1-4H3. The fourth-order valence-corrected chi connectivity index (χ4v) is 2.02. The molecule has 0 bridgehead atoms. The zero-order valence-electron chi connectivity index (χ0n) is 10.5. The Morgan fingerprint density at radius 3 is 2.69 bits per heavy atom. The van der Waals surface area contributed by atoms with Gasteiger partial charge in [-0.3, -0.25) is 4.90 Å². The predicted octanol–water partition coefficient (Wildman–Crippen LogP) is 3.69. The number of methoxy groups -OCH3 is 1. The van der Waals surface area contributed by atoms with E-state index in [0.717, 1.165) is 23.2 Å². The molecule has 0 aliphatic carbocycles. The highest BCUT2D eigenvalue weighted by Gasteiger charge is 2.10. The van der Waals surface area contributed by atoms with E-state index in [-0.39, 0.29) is 0 Å². The molecule has 0 radical (unpaired) electrons. The Kier molecular flexibility index (Phi) is 5.29. The third-order valence-corrected chi connectivity index (χ3v) is 3.50. The predicted molar refractivity (Wildman–Crippen MR) is 71.9 cm³/mol. The van der Waals surface area contributed by atoms with Crippen molar-refractivity contribution in [1.29, 1.82) is 0 Å². The molecule has 1 atom stereocenters. The van der Waals surface area contributed by atoms with E-state index in [9.17, 15) is 0 Å². The maximum Gasteiger partial charge on any atom is 0.123 e. The lowest BCUT2D eigenvalue weighted by atomic mass is 10.1. The largest absolute Gasteiger partial charge is 0.496 e. The average molecular weight is 286 g/mol. The van der Waals surface area contributed by atoms with E-state index in [1.54, 1.807) is 7.11 Å². The molecule has 2 nitrogen and oxygen atoms in total. The van der Waals surface area contributed by atoms with Crippen molar-refractivity contribution in [2.75, 3.05) is 14.2 Å². The minimum absolute atomic E-state index is 0.587. The van der Waals surface area contributed by atoms with Crippen molar-refractivity contribution in [2.45, 2.75) is 32.9 Å². The molecule has 0 saturated carbocycles. The minimum Gasteiger partial charge on any atom is -0.496 e. The van der Waals surface area contributed by atoms with Crippen LogP contribution in [0, 0.1) is 0 Å². The Balaban J connectivity index is 2.82. The summed E-state index contributed by atoms with van der Waals surface area (Å²) in [7, 11) is 3.87. The van der Waals surface area contributed by atoms with Crippen molar-refractivity contribution in [2.24, 2.45) is 0 Å². The van der Waals surface area contributed by atoms with Crippen LogP contribution in [0.2, 0.25) is 0 Å². The Bertz CT molecular complexity index is 341. The molecule has 0 fully saturated rings. The lowest BCUT2D eigenvalue weighted by molar-refractivity contribution is 0.240. The molecular weight excluding hydrogens is 266 g/mol. The van der Waals surface area contributed by atoms with Crippen LogP contribution in [0.5, 0.6) is 5.75 Å². The van der Waals surface area contributed by atoms with Crippen molar-refractivity contribution in [3.8, 4) is 5.75 Å². The van der Waals surface area contributed by atoms with Gasteiger partial charge in [-0.2, -0.15) is 0 Å². The molecule has 0 amide bonds. The third-order valence-electron chi connectivity index (χ3n) is 3.01. The molecule has 1 aromatic rings. The van der Waals surface area contributed by atoms with E-state index in [1.807, 2.05) is 12.1 Å². The fraction of sp³-hybridized carbons (Fsp3) is 0.538. The second-order valence-corrected chi connectivity index (χ2v) is 5.04. The van der Waals surface area contributed by atoms with Crippen LogP contribution in [0.3, 0.4) is 0 Å². The van der Waals surface area contributed by atoms with Gasteiger partial charge < -0.3 is 4.74 Å². The highest BCUT2D eigenvalue weighted by atomic mass is 79.9. The lowest BCUT2D eigenvalue weighted by Crippen LogP contribution is -2.27. The Morgan fingerprint density at radius 1 is 1.44 bits per heavy atom. The quantitative estimate of drug-likeness (QED) is 0.818. The number of nitrogens with zero attached hydrogens (tertiary/aromatic N) is 1. The number of rotatable bonds is 5. The summed E-state index contributed by atoms with van der Waals surface area (Å²) in [6.45, 7) is 5.36. The molecular formula is C13H20BrNO. The molecule has 1 aromatic carbocycles. The van der Waals surface area contributed by atoms with Crippen molar-refractivity contribution >= 4 is 15.9 Å². The summed E-state index contributed by atoms with van der Waals surface area (Å²) in [5.74, 6) is 0.957. The van der Waals surface area contributed by atoms with Crippen molar-refractivity contribution in [3.05, 3.63) is 28.2 Å². The second-order valence-electron chi connectivity index (χ2n) is 4.13. The van der Waals surface area contributed by atoms with Gasteiger partial charge in [0.2, 0.25) is 0 Å². The fourth-order valence-electron chi connectivity index (χ4n) is 1.61. The number of halogens is 1. The zero-order valence-corrected chi connectivity index (χ0v) is 12.0. The smallest absolute Gasteiger partial charge is 0.123 e. The first kappa shape index (κ1) is 13.5. The summed E-state index contributed by atoms with van der Waals surface area (Å²) >= 11 is 3.50. The molecule has 1 rings (SSSR count). The second kappa shape index (κ2) is 6.26. The van der Waals surface area contributed by atoms with Gasteiger partial charge in [-0.15, -0.1) is 0 Å². The number of benzene rings is 1. The highest BCUT2D eigenvalue weighted by Crippen LogP contribution is 2.24. The van der Waals surface area contributed by atoms with Gasteiger partial charge in [-0.25, -0.2) is 0 Å². The normalized spacial score (nSPS) is 12.9. The van der Waals surface area contributed by atoms with E-state index in [2.05, 4.69) is 47.8 Å². The van der Waals surface area contributed by atoms with Crippen LogP contribution in [-0.4, -0.2) is 25.1 Å². The summed E-state index contributed by atoms with van der Waals surface area (Å²) in [5.41, 5.74) is 1.22. The molecule has 0 N–H and O–H groups in total. The van der Waals surface area contributed by atoms with Crippen LogP contribution in [0.1, 0.15) is 25.8 Å². The van der Waals surface area contributed by atoms with Crippen LogP contribution in [0.15, 0.2) is 22.7 Å². The van der Waals surface area contributed by atoms with Crippen LogP contribution < -0.4 is 4.74 Å². The molecule has 16 heavy (non-hydrogen) atoms. The van der Waals surface area contributed by atoms with Gasteiger partial charge in [0.05, 0.1) is 7.11 Å². The van der Waals surface area contributed by atoms with Gasteiger partial charge in [0.25, 0.3) is 0 Å². The topological polar surface area (TPSA) is 12.5 Å². The number of hydrogen-bond acceptors (Lipinski definition) is 2. The first-order valence-electron chi connectivity index (χ1n) is 5.61.